The van der Waals surface area contributed by atoms with Crippen LogP contribution < -0.4 is 5.32 Å². The molecule has 1 heterocycles. The third-order valence-corrected chi connectivity index (χ3v) is 5.03. The molecular formula is C16H32N2. The van der Waals surface area contributed by atoms with E-state index in [1.807, 2.05) is 0 Å². The Morgan fingerprint density at radius 2 is 1.78 bits per heavy atom. The zero-order valence-electron chi connectivity index (χ0n) is 12.5. The summed E-state index contributed by atoms with van der Waals surface area (Å²) in [7, 11) is 0. The van der Waals surface area contributed by atoms with E-state index in [9.17, 15) is 0 Å². The van der Waals surface area contributed by atoms with E-state index in [2.05, 4.69) is 24.1 Å². The van der Waals surface area contributed by atoms with Gasteiger partial charge < -0.3 is 10.2 Å². The van der Waals surface area contributed by atoms with Crippen LogP contribution in [0.4, 0.5) is 0 Å². The molecule has 2 rings (SSSR count). The predicted octanol–water partition coefficient (Wildman–Crippen LogP) is 3.28. The molecule has 2 unspecified atom stereocenters. The molecule has 1 N–H and O–H groups in total. The minimum absolute atomic E-state index is 0.914. The lowest BCUT2D eigenvalue weighted by Crippen LogP contribution is -2.52. The van der Waals surface area contributed by atoms with Gasteiger partial charge in [0.1, 0.15) is 0 Å². The average Bonchev–Trinajstić information content (AvgIpc) is 2.36. The van der Waals surface area contributed by atoms with Crippen LogP contribution in [0.1, 0.15) is 58.8 Å². The minimum atomic E-state index is 0.914. The highest BCUT2D eigenvalue weighted by Gasteiger charge is 2.36. The highest BCUT2D eigenvalue weighted by atomic mass is 15.2. The SMILES string of the molecule is CCCNCC1CCC1N1CCC(CCC)CC1. The number of rotatable bonds is 7. The smallest absolute Gasteiger partial charge is 0.0136 e. The number of nitrogens with zero attached hydrogens (tertiary/aromatic N) is 1. The fraction of sp³-hybridized carbons (Fsp3) is 1.00. The van der Waals surface area contributed by atoms with Crippen LogP contribution in [0.25, 0.3) is 0 Å². The summed E-state index contributed by atoms with van der Waals surface area (Å²) >= 11 is 0. The first-order valence-corrected chi connectivity index (χ1v) is 8.29. The van der Waals surface area contributed by atoms with Crippen molar-refractivity contribution in [2.75, 3.05) is 26.2 Å². The quantitative estimate of drug-likeness (QED) is 0.700. The van der Waals surface area contributed by atoms with Crippen molar-refractivity contribution in [3.05, 3.63) is 0 Å². The van der Waals surface area contributed by atoms with Crippen LogP contribution in [-0.2, 0) is 0 Å². The van der Waals surface area contributed by atoms with Crippen molar-refractivity contribution in [2.24, 2.45) is 11.8 Å². The first-order chi connectivity index (χ1) is 8.85. The lowest BCUT2D eigenvalue weighted by atomic mass is 9.77. The second-order valence-electron chi connectivity index (χ2n) is 6.38. The van der Waals surface area contributed by atoms with Gasteiger partial charge in [-0.25, -0.2) is 0 Å². The largest absolute Gasteiger partial charge is 0.316 e. The Hall–Kier alpha value is -0.0800. The molecule has 1 saturated carbocycles. The molecule has 106 valence electrons. The zero-order chi connectivity index (χ0) is 12.8. The predicted molar refractivity (Wildman–Crippen MR) is 78.9 cm³/mol. The maximum absolute atomic E-state index is 3.61. The number of likely N-dealkylation sites (tertiary alicyclic amines) is 1. The Bertz CT molecular complexity index is 221. The van der Waals surface area contributed by atoms with Gasteiger partial charge in [-0.05, 0) is 70.1 Å². The molecule has 2 atom stereocenters. The monoisotopic (exact) mass is 252 g/mol. The molecule has 0 aromatic rings. The van der Waals surface area contributed by atoms with Gasteiger partial charge in [-0.3, -0.25) is 0 Å². The van der Waals surface area contributed by atoms with Crippen molar-refractivity contribution < 1.29 is 0 Å². The van der Waals surface area contributed by atoms with E-state index in [0.29, 0.717) is 0 Å². The number of nitrogens with one attached hydrogen (secondary N) is 1. The van der Waals surface area contributed by atoms with Crippen molar-refractivity contribution in [3.63, 3.8) is 0 Å². The standard InChI is InChI=1S/C16H32N2/c1-3-5-14-8-11-18(12-9-14)16-7-6-15(16)13-17-10-4-2/h14-17H,3-13H2,1-2H3. The molecule has 2 heteroatoms. The lowest BCUT2D eigenvalue weighted by molar-refractivity contribution is 0.0333. The minimum Gasteiger partial charge on any atom is -0.316 e. The highest BCUT2D eigenvalue weighted by molar-refractivity contribution is 4.91. The van der Waals surface area contributed by atoms with Crippen LogP contribution in [0.5, 0.6) is 0 Å². The van der Waals surface area contributed by atoms with Crippen LogP contribution in [-0.4, -0.2) is 37.1 Å². The summed E-state index contributed by atoms with van der Waals surface area (Å²) in [6, 6.07) is 0.914. The summed E-state index contributed by atoms with van der Waals surface area (Å²) in [6.07, 6.45) is 9.92. The molecule has 0 bridgehead atoms. The number of hydrogen-bond acceptors (Lipinski definition) is 2. The van der Waals surface area contributed by atoms with Crippen molar-refractivity contribution in [1.82, 2.24) is 10.2 Å². The molecule has 1 aliphatic heterocycles. The Kier molecular flexibility index (Phi) is 5.97. The van der Waals surface area contributed by atoms with Gasteiger partial charge in [0.25, 0.3) is 0 Å². The Labute approximate surface area is 114 Å². The van der Waals surface area contributed by atoms with E-state index in [0.717, 1.165) is 17.9 Å². The third-order valence-electron chi connectivity index (χ3n) is 5.03. The second kappa shape index (κ2) is 7.49. The van der Waals surface area contributed by atoms with E-state index in [-0.39, 0.29) is 0 Å². The second-order valence-corrected chi connectivity index (χ2v) is 6.38. The van der Waals surface area contributed by atoms with E-state index in [1.54, 1.807) is 0 Å². The van der Waals surface area contributed by atoms with Gasteiger partial charge in [-0.2, -0.15) is 0 Å². The van der Waals surface area contributed by atoms with Crippen molar-refractivity contribution in [1.29, 1.82) is 0 Å². The maximum Gasteiger partial charge on any atom is 0.0136 e. The number of hydrogen-bond donors (Lipinski definition) is 1. The van der Waals surface area contributed by atoms with Gasteiger partial charge >= 0.3 is 0 Å². The summed E-state index contributed by atoms with van der Waals surface area (Å²) < 4.78 is 0. The normalized spacial score (nSPS) is 30.3. The zero-order valence-corrected chi connectivity index (χ0v) is 12.5. The summed E-state index contributed by atoms with van der Waals surface area (Å²) in [5, 5.41) is 3.61. The topological polar surface area (TPSA) is 15.3 Å². The molecule has 2 aliphatic rings. The Balaban J connectivity index is 1.66. The molecule has 0 radical (unpaired) electrons. The molecular weight excluding hydrogens is 220 g/mol. The average molecular weight is 252 g/mol. The van der Waals surface area contributed by atoms with Crippen LogP contribution >= 0.6 is 0 Å². The lowest BCUT2D eigenvalue weighted by Gasteiger charge is -2.47. The molecule has 2 fully saturated rings. The van der Waals surface area contributed by atoms with Crippen LogP contribution in [0.15, 0.2) is 0 Å². The summed E-state index contributed by atoms with van der Waals surface area (Å²) in [4.78, 5) is 2.80. The van der Waals surface area contributed by atoms with Crippen LogP contribution in [0.2, 0.25) is 0 Å². The van der Waals surface area contributed by atoms with Crippen molar-refractivity contribution in [2.45, 2.75) is 64.8 Å². The molecule has 2 nitrogen and oxygen atoms in total. The maximum atomic E-state index is 3.61. The molecule has 0 amide bonds. The van der Waals surface area contributed by atoms with Crippen molar-refractivity contribution >= 4 is 0 Å². The van der Waals surface area contributed by atoms with Gasteiger partial charge in [-0.1, -0.05) is 26.7 Å². The first-order valence-electron chi connectivity index (χ1n) is 8.29. The summed E-state index contributed by atoms with van der Waals surface area (Å²) in [5.74, 6) is 1.97. The van der Waals surface area contributed by atoms with Gasteiger partial charge in [0, 0.05) is 6.04 Å². The molecule has 0 aromatic carbocycles. The van der Waals surface area contributed by atoms with E-state index in [4.69, 9.17) is 0 Å². The van der Waals surface area contributed by atoms with Crippen molar-refractivity contribution in [3.8, 4) is 0 Å². The van der Waals surface area contributed by atoms with Gasteiger partial charge in [-0.15, -0.1) is 0 Å². The molecule has 18 heavy (non-hydrogen) atoms. The molecule has 1 saturated heterocycles. The fourth-order valence-corrected chi connectivity index (χ4v) is 3.72. The van der Waals surface area contributed by atoms with Gasteiger partial charge in [0.05, 0.1) is 0 Å². The molecule has 0 aromatic heterocycles. The van der Waals surface area contributed by atoms with Gasteiger partial charge in [0.2, 0.25) is 0 Å². The first kappa shape index (κ1) is 14.3. The Morgan fingerprint density at radius 1 is 1.00 bits per heavy atom. The fourth-order valence-electron chi connectivity index (χ4n) is 3.72. The molecule has 1 aliphatic carbocycles. The third kappa shape index (κ3) is 3.71. The van der Waals surface area contributed by atoms with Gasteiger partial charge in [0.15, 0.2) is 0 Å². The summed E-state index contributed by atoms with van der Waals surface area (Å²) in [6.45, 7) is 9.78. The number of piperidine rings is 1. The van der Waals surface area contributed by atoms with E-state index >= 15 is 0 Å². The van der Waals surface area contributed by atoms with Crippen LogP contribution in [0.3, 0.4) is 0 Å². The Morgan fingerprint density at radius 3 is 2.33 bits per heavy atom. The van der Waals surface area contributed by atoms with Crippen LogP contribution in [0, 0.1) is 11.8 Å². The van der Waals surface area contributed by atoms with E-state index in [1.165, 1.54) is 71.1 Å². The van der Waals surface area contributed by atoms with E-state index < -0.39 is 0 Å². The molecule has 0 spiro atoms. The highest BCUT2D eigenvalue weighted by Crippen LogP contribution is 2.34. The summed E-state index contributed by atoms with van der Waals surface area (Å²) in [5.41, 5.74) is 0.